The molecule has 1 aliphatic carbocycles. The maximum atomic E-state index is 12.1. The maximum absolute atomic E-state index is 12.1. The van der Waals surface area contributed by atoms with Gasteiger partial charge in [0.25, 0.3) is 10.2 Å². The summed E-state index contributed by atoms with van der Waals surface area (Å²) in [6, 6.07) is -0.0489. The predicted molar refractivity (Wildman–Crippen MR) is 66.2 cm³/mol. The molecule has 1 saturated heterocycles. The van der Waals surface area contributed by atoms with Crippen molar-refractivity contribution in [3.63, 3.8) is 0 Å². The summed E-state index contributed by atoms with van der Waals surface area (Å²) in [7, 11) is -3.47. The largest absolute Gasteiger partial charge is 0.481 e. The predicted octanol–water partition coefficient (Wildman–Crippen LogP) is 0.336. The molecule has 1 fully saturated rings. The number of carbonyl (C=O) groups is 1. The molecule has 7 heteroatoms. The number of aliphatic carboxylic acids is 1. The summed E-state index contributed by atoms with van der Waals surface area (Å²) in [4.78, 5) is 10.8. The van der Waals surface area contributed by atoms with Crippen molar-refractivity contribution in [3.8, 4) is 0 Å². The highest BCUT2D eigenvalue weighted by atomic mass is 32.2. The van der Waals surface area contributed by atoms with Gasteiger partial charge < -0.3 is 5.11 Å². The summed E-state index contributed by atoms with van der Waals surface area (Å²) < 4.78 is 28.1. The highest BCUT2D eigenvalue weighted by Gasteiger charge is 2.32. The fourth-order valence-corrected chi connectivity index (χ4v) is 3.80. The van der Waals surface area contributed by atoms with Crippen LogP contribution in [0.3, 0.4) is 0 Å². The van der Waals surface area contributed by atoms with Crippen molar-refractivity contribution in [2.75, 3.05) is 13.1 Å². The first-order valence-electron chi connectivity index (χ1n) is 6.14. The van der Waals surface area contributed by atoms with Crippen molar-refractivity contribution >= 4 is 16.2 Å². The molecular weight excluding hydrogens is 256 g/mol. The second-order valence-electron chi connectivity index (χ2n) is 4.77. The summed E-state index contributed by atoms with van der Waals surface area (Å²) in [6.45, 7) is 0.568. The van der Waals surface area contributed by atoms with Crippen LogP contribution in [0, 0.1) is 5.92 Å². The number of hydrogen-bond donors (Lipinski definition) is 2. The fourth-order valence-electron chi connectivity index (χ4n) is 2.34. The van der Waals surface area contributed by atoms with Crippen LogP contribution in [0.4, 0.5) is 0 Å². The third-order valence-electron chi connectivity index (χ3n) is 3.47. The van der Waals surface area contributed by atoms with E-state index >= 15 is 0 Å². The van der Waals surface area contributed by atoms with Crippen molar-refractivity contribution in [2.24, 2.45) is 5.92 Å². The van der Waals surface area contributed by atoms with Crippen molar-refractivity contribution in [2.45, 2.75) is 31.7 Å². The summed E-state index contributed by atoms with van der Waals surface area (Å²) in [5.41, 5.74) is 0. The monoisotopic (exact) mass is 274 g/mol. The lowest BCUT2D eigenvalue weighted by molar-refractivity contribution is -0.142. The Bertz CT molecular complexity index is 430. The molecule has 6 nitrogen and oxygen atoms in total. The third-order valence-corrected chi connectivity index (χ3v) is 5.14. The van der Waals surface area contributed by atoms with Crippen LogP contribution in [0.5, 0.6) is 0 Å². The molecule has 0 radical (unpaired) electrons. The summed E-state index contributed by atoms with van der Waals surface area (Å²) >= 11 is 0. The zero-order chi connectivity index (χ0) is 13.2. The summed E-state index contributed by atoms with van der Waals surface area (Å²) in [6.07, 6.45) is 6.15. The number of nitrogens with one attached hydrogen (secondary N) is 1. The number of hydrogen-bond acceptors (Lipinski definition) is 3. The van der Waals surface area contributed by atoms with E-state index in [4.69, 9.17) is 5.11 Å². The lowest BCUT2D eigenvalue weighted by atomic mass is 9.99. The first-order valence-corrected chi connectivity index (χ1v) is 7.58. The molecule has 0 unspecified atom stereocenters. The maximum Gasteiger partial charge on any atom is 0.306 e. The van der Waals surface area contributed by atoms with Crippen molar-refractivity contribution in [1.29, 1.82) is 0 Å². The van der Waals surface area contributed by atoms with Crippen molar-refractivity contribution in [3.05, 3.63) is 12.2 Å². The van der Waals surface area contributed by atoms with E-state index in [1.807, 2.05) is 12.2 Å². The molecule has 2 aliphatic rings. The quantitative estimate of drug-likeness (QED) is 0.724. The van der Waals surface area contributed by atoms with Gasteiger partial charge in [0.1, 0.15) is 0 Å². The van der Waals surface area contributed by atoms with Gasteiger partial charge >= 0.3 is 5.97 Å². The molecule has 0 aromatic rings. The van der Waals surface area contributed by atoms with E-state index in [9.17, 15) is 13.2 Å². The van der Waals surface area contributed by atoms with Crippen LogP contribution in [0.25, 0.3) is 0 Å². The van der Waals surface area contributed by atoms with Gasteiger partial charge in [-0.05, 0) is 25.7 Å². The van der Waals surface area contributed by atoms with Gasteiger partial charge in [0, 0.05) is 19.1 Å². The molecular formula is C11H18N2O4S. The number of rotatable bonds is 4. The molecule has 0 spiro atoms. The van der Waals surface area contributed by atoms with E-state index < -0.39 is 22.1 Å². The van der Waals surface area contributed by atoms with Gasteiger partial charge in [-0.2, -0.15) is 17.4 Å². The number of piperidine rings is 1. The molecule has 2 N–H and O–H groups in total. The van der Waals surface area contributed by atoms with Crippen LogP contribution < -0.4 is 4.72 Å². The molecule has 102 valence electrons. The molecule has 0 atom stereocenters. The third kappa shape index (κ3) is 3.09. The Morgan fingerprint density at radius 3 is 2.28 bits per heavy atom. The SMILES string of the molecule is O=C(O)C1CCN(S(=O)(=O)NC2CC=CC2)CC1. The van der Waals surface area contributed by atoms with Gasteiger partial charge in [-0.25, -0.2) is 0 Å². The van der Waals surface area contributed by atoms with Gasteiger partial charge in [0.15, 0.2) is 0 Å². The highest BCUT2D eigenvalue weighted by molar-refractivity contribution is 7.87. The summed E-state index contributed by atoms with van der Waals surface area (Å²) in [5.74, 6) is -1.25. The molecule has 0 aromatic heterocycles. The molecule has 0 bridgehead atoms. The second-order valence-corrected chi connectivity index (χ2v) is 6.48. The normalized spacial score (nSPS) is 23.6. The Balaban J connectivity index is 1.89. The minimum Gasteiger partial charge on any atom is -0.481 e. The lowest BCUT2D eigenvalue weighted by Gasteiger charge is -2.30. The zero-order valence-electron chi connectivity index (χ0n) is 10.1. The minimum absolute atomic E-state index is 0.0489. The van der Waals surface area contributed by atoms with Crippen LogP contribution in [0.2, 0.25) is 0 Å². The smallest absolute Gasteiger partial charge is 0.306 e. The van der Waals surface area contributed by atoms with E-state index in [1.165, 1.54) is 4.31 Å². The van der Waals surface area contributed by atoms with E-state index in [0.29, 0.717) is 12.8 Å². The average Bonchev–Trinajstić information content (AvgIpc) is 2.81. The molecule has 0 saturated carbocycles. The van der Waals surface area contributed by atoms with E-state index in [1.54, 1.807) is 0 Å². The van der Waals surface area contributed by atoms with E-state index in [0.717, 1.165) is 12.8 Å². The van der Waals surface area contributed by atoms with Crippen LogP contribution in [0.1, 0.15) is 25.7 Å². The Labute approximate surface area is 107 Å². The van der Waals surface area contributed by atoms with E-state index in [2.05, 4.69) is 4.72 Å². The molecule has 2 rings (SSSR count). The fraction of sp³-hybridized carbons (Fsp3) is 0.727. The Hall–Kier alpha value is -0.920. The van der Waals surface area contributed by atoms with Gasteiger partial charge in [0.2, 0.25) is 0 Å². The standard InChI is InChI=1S/C11H18N2O4S/c14-11(15)9-5-7-13(8-6-9)18(16,17)12-10-3-1-2-4-10/h1-2,9-10,12H,3-8H2,(H,14,15). The highest BCUT2D eigenvalue weighted by Crippen LogP contribution is 2.20. The van der Waals surface area contributed by atoms with Gasteiger partial charge in [-0.15, -0.1) is 0 Å². The molecule has 0 aromatic carbocycles. The zero-order valence-corrected chi connectivity index (χ0v) is 10.9. The first kappa shape index (κ1) is 13.5. The van der Waals surface area contributed by atoms with Gasteiger partial charge in [-0.3, -0.25) is 4.79 Å². The number of nitrogens with zero attached hydrogens (tertiary/aromatic N) is 1. The molecule has 0 amide bonds. The van der Waals surface area contributed by atoms with Gasteiger partial charge in [0.05, 0.1) is 5.92 Å². The van der Waals surface area contributed by atoms with Crippen LogP contribution >= 0.6 is 0 Å². The van der Waals surface area contributed by atoms with Gasteiger partial charge in [-0.1, -0.05) is 12.2 Å². The topological polar surface area (TPSA) is 86.7 Å². The van der Waals surface area contributed by atoms with Crippen LogP contribution in [-0.4, -0.2) is 42.9 Å². The average molecular weight is 274 g/mol. The van der Waals surface area contributed by atoms with Crippen molar-refractivity contribution < 1.29 is 18.3 Å². The Kier molecular flexibility index (Phi) is 4.04. The minimum atomic E-state index is -3.47. The van der Waals surface area contributed by atoms with Crippen LogP contribution in [-0.2, 0) is 15.0 Å². The molecule has 18 heavy (non-hydrogen) atoms. The number of carboxylic acids is 1. The Morgan fingerprint density at radius 2 is 1.78 bits per heavy atom. The van der Waals surface area contributed by atoms with Crippen molar-refractivity contribution in [1.82, 2.24) is 9.03 Å². The summed E-state index contributed by atoms with van der Waals surface area (Å²) in [5, 5.41) is 8.87. The lowest BCUT2D eigenvalue weighted by Crippen LogP contribution is -2.48. The molecule has 1 heterocycles. The second kappa shape index (κ2) is 5.38. The first-order chi connectivity index (χ1) is 8.49. The van der Waals surface area contributed by atoms with E-state index in [-0.39, 0.29) is 19.1 Å². The number of carboxylic acid groups (broad SMARTS) is 1. The molecule has 1 aliphatic heterocycles. The van der Waals surface area contributed by atoms with Crippen LogP contribution in [0.15, 0.2) is 12.2 Å². The Morgan fingerprint density at radius 1 is 1.22 bits per heavy atom.